The number of non-ortho nitro benzene ring substituents is 1. The van der Waals surface area contributed by atoms with Crippen LogP contribution in [0.5, 0.6) is 0 Å². The van der Waals surface area contributed by atoms with Crippen LogP contribution < -0.4 is 10.6 Å². The predicted molar refractivity (Wildman–Crippen MR) is 112 cm³/mol. The van der Waals surface area contributed by atoms with E-state index < -0.39 is 15.8 Å². The molecule has 3 aromatic rings. The summed E-state index contributed by atoms with van der Waals surface area (Å²) in [6.07, 6.45) is 0. The van der Waals surface area contributed by atoms with Gasteiger partial charge in [-0.25, -0.2) is 0 Å². The van der Waals surface area contributed by atoms with Gasteiger partial charge in [0.1, 0.15) is 11.4 Å². The second-order valence-corrected chi connectivity index (χ2v) is 6.57. The van der Waals surface area contributed by atoms with E-state index in [1.807, 2.05) is 0 Å². The number of aryl methyl sites for hydroxylation is 1. The molecule has 0 aliphatic carbocycles. The normalized spacial score (nSPS) is 10.3. The summed E-state index contributed by atoms with van der Waals surface area (Å²) in [4.78, 5) is 33.4. The topological polar surface area (TPSA) is 141 Å². The number of benzene rings is 2. The third-order valence-corrected chi connectivity index (χ3v) is 4.20. The summed E-state index contributed by atoms with van der Waals surface area (Å²) in [6, 6.07) is 13.2. The average Bonchev–Trinajstić information content (AvgIpc) is 3.19. The van der Waals surface area contributed by atoms with E-state index in [-0.39, 0.29) is 33.7 Å². The molecule has 1 aromatic heterocycles. The number of thiocarbonyl (C=S) groups is 1. The van der Waals surface area contributed by atoms with Gasteiger partial charge in [0.05, 0.1) is 9.85 Å². The van der Waals surface area contributed by atoms with Gasteiger partial charge in [-0.1, -0.05) is 18.2 Å². The second kappa shape index (κ2) is 8.49. The number of amides is 1. The van der Waals surface area contributed by atoms with E-state index in [9.17, 15) is 25.0 Å². The summed E-state index contributed by atoms with van der Waals surface area (Å²) in [5, 5.41) is 26.9. The number of nitro benzene ring substituents is 2. The molecule has 1 heterocycles. The fourth-order valence-electron chi connectivity index (χ4n) is 2.60. The monoisotopic (exact) mass is 426 g/mol. The summed E-state index contributed by atoms with van der Waals surface area (Å²) in [5.41, 5.74) is 0.968. The molecule has 0 atom stereocenters. The summed E-state index contributed by atoms with van der Waals surface area (Å²) in [7, 11) is 0. The van der Waals surface area contributed by atoms with Gasteiger partial charge in [0, 0.05) is 23.8 Å². The number of hydrogen-bond acceptors (Lipinski definition) is 7. The van der Waals surface area contributed by atoms with Gasteiger partial charge < -0.3 is 9.73 Å². The Morgan fingerprint density at radius 2 is 1.80 bits per heavy atom. The van der Waals surface area contributed by atoms with E-state index in [0.29, 0.717) is 11.1 Å². The van der Waals surface area contributed by atoms with E-state index in [1.54, 1.807) is 19.1 Å². The molecule has 11 heteroatoms. The molecule has 3 rings (SSSR count). The largest absolute Gasteiger partial charge is 0.451 e. The molecular formula is C19H14N4O6S. The van der Waals surface area contributed by atoms with Crippen molar-refractivity contribution < 1.29 is 19.1 Å². The minimum Gasteiger partial charge on any atom is -0.451 e. The quantitative estimate of drug-likeness (QED) is 0.351. The van der Waals surface area contributed by atoms with Gasteiger partial charge in [-0.05, 0) is 42.9 Å². The fraction of sp³-hybridized carbons (Fsp3) is 0.0526. The lowest BCUT2D eigenvalue weighted by Gasteiger charge is -2.09. The molecule has 0 spiro atoms. The summed E-state index contributed by atoms with van der Waals surface area (Å²) < 4.78 is 5.46. The first-order chi connectivity index (χ1) is 14.2. The Morgan fingerprint density at radius 3 is 2.50 bits per heavy atom. The van der Waals surface area contributed by atoms with Crippen LogP contribution in [-0.4, -0.2) is 20.9 Å². The molecule has 0 radical (unpaired) electrons. The number of rotatable bonds is 5. The molecule has 10 nitrogen and oxygen atoms in total. The van der Waals surface area contributed by atoms with Gasteiger partial charge >= 0.3 is 0 Å². The Kier molecular flexibility index (Phi) is 5.83. The van der Waals surface area contributed by atoms with E-state index >= 15 is 0 Å². The van der Waals surface area contributed by atoms with Crippen molar-refractivity contribution in [1.82, 2.24) is 5.32 Å². The predicted octanol–water partition coefficient (Wildman–Crippen LogP) is 4.20. The fourth-order valence-corrected chi connectivity index (χ4v) is 2.81. The Balaban J connectivity index is 1.72. The zero-order valence-corrected chi connectivity index (χ0v) is 16.3. The Labute approximate surface area is 174 Å². The van der Waals surface area contributed by atoms with Gasteiger partial charge in [0.25, 0.3) is 17.3 Å². The third-order valence-electron chi connectivity index (χ3n) is 4.00. The lowest BCUT2D eigenvalue weighted by Crippen LogP contribution is -2.34. The summed E-state index contributed by atoms with van der Waals surface area (Å²) in [6.45, 7) is 1.72. The van der Waals surface area contributed by atoms with E-state index in [4.69, 9.17) is 16.6 Å². The molecule has 152 valence electrons. The van der Waals surface area contributed by atoms with E-state index in [0.717, 1.165) is 0 Å². The molecule has 0 aliphatic rings. The SMILES string of the molecule is Cc1ccc(NC(=S)NC(=O)c2ccc(-c3cccc([N+](=O)[O-])c3)o2)c([N+](=O)[O-])c1. The molecule has 0 saturated heterocycles. The van der Waals surface area contributed by atoms with Crippen LogP contribution in [0, 0.1) is 27.2 Å². The number of carbonyl (C=O) groups is 1. The highest BCUT2D eigenvalue weighted by atomic mass is 32.1. The molecule has 0 unspecified atom stereocenters. The minimum absolute atomic E-state index is 0.0842. The number of carbonyl (C=O) groups excluding carboxylic acids is 1. The lowest BCUT2D eigenvalue weighted by atomic mass is 10.1. The number of furan rings is 1. The van der Waals surface area contributed by atoms with Gasteiger partial charge in [-0.3, -0.25) is 30.3 Å². The van der Waals surface area contributed by atoms with Crippen LogP contribution in [0.25, 0.3) is 11.3 Å². The van der Waals surface area contributed by atoms with Gasteiger partial charge in [0.15, 0.2) is 10.9 Å². The Hall–Kier alpha value is -4.12. The van der Waals surface area contributed by atoms with Gasteiger partial charge in [-0.2, -0.15) is 0 Å². The van der Waals surface area contributed by atoms with Crippen molar-refractivity contribution in [2.24, 2.45) is 0 Å². The first-order valence-corrected chi connectivity index (χ1v) is 8.87. The standard InChI is InChI=1S/C19H14N4O6S/c1-11-5-6-14(15(9-11)23(27)28)20-19(30)21-18(24)17-8-7-16(29-17)12-3-2-4-13(10-12)22(25)26/h2-10H,1H3,(H2,20,21,24,30). The van der Waals surface area contributed by atoms with Gasteiger partial charge in [0.2, 0.25) is 0 Å². The number of nitrogens with zero attached hydrogens (tertiary/aromatic N) is 2. The van der Waals surface area contributed by atoms with Crippen LogP contribution in [-0.2, 0) is 0 Å². The number of hydrogen-bond donors (Lipinski definition) is 2. The highest BCUT2D eigenvalue weighted by Gasteiger charge is 2.18. The highest BCUT2D eigenvalue weighted by molar-refractivity contribution is 7.80. The van der Waals surface area contributed by atoms with Crippen LogP contribution in [0.3, 0.4) is 0 Å². The van der Waals surface area contributed by atoms with Crippen LogP contribution in [0.2, 0.25) is 0 Å². The maximum Gasteiger partial charge on any atom is 0.293 e. The molecule has 30 heavy (non-hydrogen) atoms. The molecule has 2 N–H and O–H groups in total. The van der Waals surface area contributed by atoms with Crippen LogP contribution >= 0.6 is 12.2 Å². The maximum atomic E-state index is 12.4. The highest BCUT2D eigenvalue weighted by Crippen LogP contribution is 2.27. The minimum atomic E-state index is -0.682. The third kappa shape index (κ3) is 4.64. The molecular weight excluding hydrogens is 412 g/mol. The van der Waals surface area contributed by atoms with Crippen LogP contribution in [0.1, 0.15) is 16.1 Å². The van der Waals surface area contributed by atoms with Crippen molar-refractivity contribution in [1.29, 1.82) is 0 Å². The van der Waals surface area contributed by atoms with Crippen molar-refractivity contribution in [3.05, 3.63) is 86.1 Å². The summed E-state index contributed by atoms with van der Waals surface area (Å²) in [5.74, 6) is -0.505. The zero-order valence-electron chi connectivity index (χ0n) is 15.4. The smallest absolute Gasteiger partial charge is 0.293 e. The number of nitro groups is 2. The van der Waals surface area contributed by atoms with E-state index in [2.05, 4.69) is 10.6 Å². The van der Waals surface area contributed by atoms with Crippen molar-refractivity contribution in [2.75, 3.05) is 5.32 Å². The molecule has 0 fully saturated rings. The van der Waals surface area contributed by atoms with Crippen molar-refractivity contribution >= 4 is 40.3 Å². The van der Waals surface area contributed by atoms with Crippen molar-refractivity contribution in [3.63, 3.8) is 0 Å². The number of nitrogens with one attached hydrogen (secondary N) is 2. The van der Waals surface area contributed by atoms with Crippen molar-refractivity contribution in [2.45, 2.75) is 6.92 Å². The Morgan fingerprint density at radius 1 is 1.03 bits per heavy atom. The zero-order chi connectivity index (χ0) is 21.8. The summed E-state index contributed by atoms with van der Waals surface area (Å²) >= 11 is 5.06. The van der Waals surface area contributed by atoms with Crippen LogP contribution in [0.4, 0.5) is 17.1 Å². The second-order valence-electron chi connectivity index (χ2n) is 6.16. The maximum absolute atomic E-state index is 12.4. The van der Waals surface area contributed by atoms with E-state index in [1.165, 1.54) is 42.5 Å². The molecule has 2 aromatic carbocycles. The van der Waals surface area contributed by atoms with Crippen molar-refractivity contribution in [3.8, 4) is 11.3 Å². The first-order valence-electron chi connectivity index (χ1n) is 8.46. The first kappa shape index (κ1) is 20.6. The molecule has 0 aliphatic heterocycles. The van der Waals surface area contributed by atoms with Gasteiger partial charge in [-0.15, -0.1) is 0 Å². The average molecular weight is 426 g/mol. The lowest BCUT2D eigenvalue weighted by molar-refractivity contribution is -0.384. The molecule has 0 bridgehead atoms. The number of anilines is 1. The van der Waals surface area contributed by atoms with Crippen LogP contribution in [0.15, 0.2) is 59.0 Å². The Bertz CT molecular complexity index is 1170. The molecule has 0 saturated carbocycles. The molecule has 1 amide bonds.